The first-order valence-electron chi connectivity index (χ1n) is 5.00. The van der Waals surface area contributed by atoms with Gasteiger partial charge in [0.25, 0.3) is 0 Å². The summed E-state index contributed by atoms with van der Waals surface area (Å²) >= 11 is 1.64. The van der Waals surface area contributed by atoms with Crippen molar-refractivity contribution in [1.29, 1.82) is 0 Å². The second-order valence-corrected chi connectivity index (χ2v) is 4.44. The molecular weight excluding hydrogens is 210 g/mol. The van der Waals surface area contributed by atoms with Gasteiger partial charge in [-0.3, -0.25) is 0 Å². The molecule has 0 spiro atoms. The molecule has 0 radical (unpaired) electrons. The van der Waals surface area contributed by atoms with E-state index >= 15 is 0 Å². The summed E-state index contributed by atoms with van der Waals surface area (Å²) in [4.78, 5) is 4.42. The molecule has 2 aromatic heterocycles. The van der Waals surface area contributed by atoms with E-state index in [2.05, 4.69) is 15.5 Å². The normalized spacial score (nSPS) is 20.9. The first-order valence-corrected chi connectivity index (χ1v) is 5.94. The Labute approximate surface area is 91.3 Å². The first kappa shape index (κ1) is 9.06. The summed E-state index contributed by atoms with van der Waals surface area (Å²) in [6.45, 7) is 1.99. The molecule has 0 amide bonds. The molecule has 3 heterocycles. The third kappa shape index (κ3) is 1.68. The van der Waals surface area contributed by atoms with E-state index in [-0.39, 0.29) is 0 Å². The van der Waals surface area contributed by atoms with Crippen molar-refractivity contribution in [1.82, 2.24) is 15.5 Å². The molecule has 0 saturated carbocycles. The highest BCUT2D eigenvalue weighted by atomic mass is 32.1. The van der Waals surface area contributed by atoms with E-state index in [1.54, 1.807) is 11.3 Å². The van der Waals surface area contributed by atoms with Gasteiger partial charge in [-0.25, -0.2) is 0 Å². The summed E-state index contributed by atoms with van der Waals surface area (Å²) < 4.78 is 5.28. The fourth-order valence-electron chi connectivity index (χ4n) is 1.78. The van der Waals surface area contributed by atoms with Crippen LogP contribution < -0.4 is 5.32 Å². The van der Waals surface area contributed by atoms with Gasteiger partial charge in [-0.2, -0.15) is 16.3 Å². The van der Waals surface area contributed by atoms with E-state index in [0.29, 0.717) is 11.7 Å². The molecule has 2 aromatic rings. The molecule has 1 aliphatic rings. The fourth-order valence-corrected chi connectivity index (χ4v) is 2.41. The molecule has 0 aliphatic carbocycles. The van der Waals surface area contributed by atoms with Crippen molar-refractivity contribution in [3.05, 3.63) is 22.7 Å². The van der Waals surface area contributed by atoms with Crippen LogP contribution in [0.1, 0.15) is 18.2 Å². The minimum atomic E-state index is 0.393. The number of aromatic nitrogens is 2. The Balaban J connectivity index is 1.87. The molecule has 15 heavy (non-hydrogen) atoms. The Morgan fingerprint density at radius 3 is 3.27 bits per heavy atom. The van der Waals surface area contributed by atoms with E-state index in [0.717, 1.165) is 31.0 Å². The van der Waals surface area contributed by atoms with E-state index < -0.39 is 0 Å². The zero-order valence-electron chi connectivity index (χ0n) is 8.14. The maximum Gasteiger partial charge on any atom is 0.231 e. The van der Waals surface area contributed by atoms with Gasteiger partial charge in [-0.05, 0) is 24.4 Å². The number of rotatable bonds is 2. The largest absolute Gasteiger partial charge is 0.339 e. The van der Waals surface area contributed by atoms with Crippen LogP contribution in [0.5, 0.6) is 0 Å². The molecule has 78 valence electrons. The van der Waals surface area contributed by atoms with Crippen LogP contribution in [-0.2, 0) is 0 Å². The SMILES string of the molecule is c1cc(-c2noc([C@H]3CCNC3)n2)cs1. The Hall–Kier alpha value is -1.20. The third-order valence-electron chi connectivity index (χ3n) is 2.63. The third-order valence-corrected chi connectivity index (χ3v) is 3.31. The van der Waals surface area contributed by atoms with Crippen LogP contribution in [0.3, 0.4) is 0 Å². The Morgan fingerprint density at radius 1 is 1.53 bits per heavy atom. The van der Waals surface area contributed by atoms with Crippen molar-refractivity contribution in [2.45, 2.75) is 12.3 Å². The van der Waals surface area contributed by atoms with Crippen molar-refractivity contribution in [3.8, 4) is 11.4 Å². The first-order chi connectivity index (χ1) is 7.43. The lowest BCUT2D eigenvalue weighted by Crippen LogP contribution is -2.08. The van der Waals surface area contributed by atoms with Crippen molar-refractivity contribution in [3.63, 3.8) is 0 Å². The maximum absolute atomic E-state index is 5.28. The molecule has 1 aliphatic heterocycles. The van der Waals surface area contributed by atoms with Crippen LogP contribution in [-0.4, -0.2) is 23.2 Å². The van der Waals surface area contributed by atoms with Crippen LogP contribution >= 0.6 is 11.3 Å². The van der Waals surface area contributed by atoms with E-state index in [9.17, 15) is 0 Å². The van der Waals surface area contributed by atoms with E-state index in [1.807, 2.05) is 16.8 Å². The molecule has 3 rings (SSSR count). The highest BCUT2D eigenvalue weighted by Crippen LogP contribution is 2.24. The van der Waals surface area contributed by atoms with Gasteiger partial charge >= 0.3 is 0 Å². The molecule has 0 unspecified atom stereocenters. The molecule has 1 N–H and O–H groups in total. The highest BCUT2D eigenvalue weighted by molar-refractivity contribution is 7.08. The summed E-state index contributed by atoms with van der Waals surface area (Å²) in [6, 6.07) is 2.01. The number of thiophene rings is 1. The van der Waals surface area contributed by atoms with Gasteiger partial charge < -0.3 is 9.84 Å². The zero-order chi connectivity index (χ0) is 10.1. The highest BCUT2D eigenvalue weighted by Gasteiger charge is 2.22. The Kier molecular flexibility index (Phi) is 2.26. The van der Waals surface area contributed by atoms with Crippen molar-refractivity contribution >= 4 is 11.3 Å². The smallest absolute Gasteiger partial charge is 0.231 e. The Bertz CT molecular complexity index is 431. The topological polar surface area (TPSA) is 51.0 Å². The molecule has 1 saturated heterocycles. The molecule has 1 atom stereocenters. The average Bonchev–Trinajstić information content (AvgIpc) is 3.02. The van der Waals surface area contributed by atoms with Crippen LogP contribution in [0.25, 0.3) is 11.4 Å². The molecule has 4 nitrogen and oxygen atoms in total. The average molecular weight is 221 g/mol. The molecular formula is C10H11N3OS. The van der Waals surface area contributed by atoms with Gasteiger partial charge in [0.2, 0.25) is 11.7 Å². The molecule has 5 heteroatoms. The second-order valence-electron chi connectivity index (χ2n) is 3.66. The minimum Gasteiger partial charge on any atom is -0.339 e. The lowest BCUT2D eigenvalue weighted by Gasteiger charge is -1.98. The second kappa shape index (κ2) is 3.75. The molecule has 0 aromatic carbocycles. The van der Waals surface area contributed by atoms with Gasteiger partial charge in [0.1, 0.15) is 0 Å². The monoisotopic (exact) mass is 221 g/mol. The van der Waals surface area contributed by atoms with Crippen molar-refractivity contribution in [2.75, 3.05) is 13.1 Å². The van der Waals surface area contributed by atoms with Gasteiger partial charge in [0, 0.05) is 17.5 Å². The quantitative estimate of drug-likeness (QED) is 0.841. The van der Waals surface area contributed by atoms with Crippen LogP contribution in [0, 0.1) is 0 Å². The number of hydrogen-bond donors (Lipinski definition) is 1. The van der Waals surface area contributed by atoms with Crippen LogP contribution in [0.15, 0.2) is 21.3 Å². The van der Waals surface area contributed by atoms with Gasteiger partial charge in [0.15, 0.2) is 0 Å². The standard InChI is InChI=1S/C10H11N3OS/c1-3-11-5-7(1)10-12-9(13-14-10)8-2-4-15-6-8/h2,4,6-7,11H,1,3,5H2/t7-/m0/s1. The fraction of sp³-hybridized carbons (Fsp3) is 0.400. The summed E-state index contributed by atoms with van der Waals surface area (Å²) in [7, 11) is 0. The molecule has 1 fully saturated rings. The van der Waals surface area contributed by atoms with E-state index in [4.69, 9.17) is 4.52 Å². The molecule has 0 bridgehead atoms. The number of nitrogens with zero attached hydrogens (tertiary/aromatic N) is 2. The van der Waals surface area contributed by atoms with Gasteiger partial charge in [-0.1, -0.05) is 5.16 Å². The lowest BCUT2D eigenvalue weighted by atomic mass is 10.1. The lowest BCUT2D eigenvalue weighted by molar-refractivity contribution is 0.359. The van der Waals surface area contributed by atoms with Crippen LogP contribution in [0.4, 0.5) is 0 Å². The zero-order valence-corrected chi connectivity index (χ0v) is 8.96. The summed E-state index contributed by atoms with van der Waals surface area (Å²) in [6.07, 6.45) is 1.09. The predicted octanol–water partition coefficient (Wildman–Crippen LogP) is 1.87. The maximum atomic E-state index is 5.28. The number of nitrogens with one attached hydrogen (secondary N) is 1. The predicted molar refractivity (Wildman–Crippen MR) is 57.8 cm³/mol. The number of hydrogen-bond acceptors (Lipinski definition) is 5. The van der Waals surface area contributed by atoms with Gasteiger partial charge in [0.05, 0.1) is 5.92 Å². The summed E-state index contributed by atoms with van der Waals surface area (Å²) in [5.41, 5.74) is 1.04. The van der Waals surface area contributed by atoms with Crippen LogP contribution in [0.2, 0.25) is 0 Å². The minimum absolute atomic E-state index is 0.393. The van der Waals surface area contributed by atoms with Crippen molar-refractivity contribution in [2.24, 2.45) is 0 Å². The summed E-state index contributed by atoms with van der Waals surface area (Å²) in [5, 5.41) is 11.3. The van der Waals surface area contributed by atoms with E-state index in [1.165, 1.54) is 0 Å². The summed E-state index contributed by atoms with van der Waals surface area (Å²) in [5.74, 6) is 1.87. The Morgan fingerprint density at radius 2 is 2.53 bits per heavy atom. The van der Waals surface area contributed by atoms with Gasteiger partial charge in [-0.15, -0.1) is 0 Å². The van der Waals surface area contributed by atoms with Crippen molar-refractivity contribution < 1.29 is 4.52 Å².